The highest BCUT2D eigenvalue weighted by atomic mass is 19.1. The lowest BCUT2D eigenvalue weighted by atomic mass is 10.0. The molecule has 3 aliphatic rings. The van der Waals surface area contributed by atoms with Crippen molar-refractivity contribution in [2.45, 2.75) is 31.3 Å². The van der Waals surface area contributed by atoms with E-state index in [1.807, 2.05) is 46.0 Å². The maximum Gasteiger partial charge on any atom is 0.198 e. The van der Waals surface area contributed by atoms with Crippen LogP contribution in [-0.4, -0.2) is 54.8 Å². The summed E-state index contributed by atoms with van der Waals surface area (Å²) >= 11 is 0. The van der Waals surface area contributed by atoms with Gasteiger partial charge in [-0.25, -0.2) is 4.39 Å². The number of fused-ring (bicyclic) bond motifs is 3. The van der Waals surface area contributed by atoms with Crippen molar-refractivity contribution in [3.05, 3.63) is 76.8 Å². The monoisotopic (exact) mass is 525 g/mol. The first-order chi connectivity index (χ1) is 18.9. The summed E-state index contributed by atoms with van der Waals surface area (Å²) < 4.78 is 24.4. The van der Waals surface area contributed by atoms with Gasteiger partial charge in [0, 0.05) is 37.1 Å². The van der Waals surface area contributed by atoms with E-state index < -0.39 is 5.82 Å². The van der Waals surface area contributed by atoms with Crippen molar-refractivity contribution in [1.82, 2.24) is 14.8 Å². The fourth-order valence-corrected chi connectivity index (χ4v) is 6.27. The fourth-order valence-electron chi connectivity index (χ4n) is 6.27. The van der Waals surface area contributed by atoms with Crippen molar-refractivity contribution in [3.8, 4) is 17.2 Å². The summed E-state index contributed by atoms with van der Waals surface area (Å²) in [4.78, 5) is 18.1. The van der Waals surface area contributed by atoms with Crippen LogP contribution in [0, 0.1) is 5.82 Å². The van der Waals surface area contributed by atoms with Gasteiger partial charge in [0.25, 0.3) is 0 Å². The van der Waals surface area contributed by atoms with Crippen LogP contribution in [0.2, 0.25) is 0 Å². The summed E-state index contributed by atoms with van der Waals surface area (Å²) in [6.07, 6.45) is 4.55. The molecule has 39 heavy (non-hydrogen) atoms. The second-order valence-electron chi connectivity index (χ2n) is 11.1. The Bertz CT molecular complexity index is 1710. The summed E-state index contributed by atoms with van der Waals surface area (Å²) in [6.45, 7) is 7.39. The van der Waals surface area contributed by atoms with Crippen molar-refractivity contribution in [2.24, 2.45) is 5.73 Å². The molecule has 0 amide bonds. The number of piperidine rings is 1. The summed E-state index contributed by atoms with van der Waals surface area (Å²) in [7, 11) is 2.12. The number of anilines is 1. The topological polar surface area (TPSA) is 75.8 Å². The van der Waals surface area contributed by atoms with Gasteiger partial charge in [-0.1, -0.05) is 30.8 Å². The molecule has 1 atom stereocenters. The molecule has 2 fully saturated rings. The minimum Gasteiger partial charge on any atom is -0.451 e. The highest BCUT2D eigenvalue weighted by molar-refractivity contribution is 5.97. The van der Waals surface area contributed by atoms with E-state index in [0.717, 1.165) is 48.8 Å². The minimum absolute atomic E-state index is 0.0364. The number of aromatic nitrogens is 1. The Morgan fingerprint density at radius 3 is 2.56 bits per heavy atom. The van der Waals surface area contributed by atoms with Gasteiger partial charge in [-0.15, -0.1) is 0 Å². The van der Waals surface area contributed by atoms with Gasteiger partial charge in [-0.05, 0) is 68.4 Å². The Hall–Kier alpha value is -3.88. The summed E-state index contributed by atoms with van der Waals surface area (Å²) in [5, 5.41) is 5.84. The van der Waals surface area contributed by atoms with Gasteiger partial charge in [0.1, 0.15) is 11.2 Å². The molecule has 8 heteroatoms. The first-order valence-electron chi connectivity index (χ1n) is 13.6. The highest BCUT2D eigenvalue weighted by Gasteiger charge is 2.32. The minimum atomic E-state index is -0.481. The number of halogens is 1. The number of nitrogens with two attached hydrogens (primary N) is 1. The van der Waals surface area contributed by atoms with E-state index >= 15 is 4.39 Å². The van der Waals surface area contributed by atoms with E-state index in [0.29, 0.717) is 47.1 Å². The van der Waals surface area contributed by atoms with E-state index in [4.69, 9.17) is 10.5 Å². The molecule has 0 bridgehead atoms. The quantitative estimate of drug-likeness (QED) is 0.358. The molecule has 0 saturated carbocycles. The van der Waals surface area contributed by atoms with Gasteiger partial charge in [-0.2, -0.15) is 0 Å². The molecule has 200 valence electrons. The zero-order valence-corrected chi connectivity index (χ0v) is 22.0. The number of nitrogens with zero attached hydrogens (tertiary/aromatic N) is 3. The molecule has 0 aliphatic carbocycles. The predicted octanol–water partition coefficient (Wildman–Crippen LogP) is 4.58. The normalized spacial score (nSPS) is 19.4. The first-order valence-corrected chi connectivity index (χ1v) is 13.6. The number of hydrogen-bond donors (Lipinski definition) is 2. The molecule has 3 aliphatic heterocycles. The predicted molar refractivity (Wildman–Crippen MR) is 155 cm³/mol. The standard InChI is InChI=1S/C31H32FN5O2/c1-18(34-22-8-10-35(2)11-9-22)24-17-37-26-13-19-5-3-4-6-20(19)14-27(26)39-31-28(37)23(30(24)38)15-25(32)29(31)36-12-7-21(33)16-36/h3-6,13-15,17,21-22,34H,1,7-12,16,33H2,2H3. The molecule has 4 aromatic rings. The lowest BCUT2D eigenvalue weighted by Gasteiger charge is -2.31. The molecular formula is C31H32FN5O2. The van der Waals surface area contributed by atoms with Crippen LogP contribution in [-0.2, 0) is 0 Å². The van der Waals surface area contributed by atoms with E-state index in [1.54, 1.807) is 0 Å². The number of ether oxygens (including phenoxy) is 1. The fraction of sp³-hybridized carbons (Fsp3) is 0.323. The highest BCUT2D eigenvalue weighted by Crippen LogP contribution is 2.48. The second kappa shape index (κ2) is 9.10. The van der Waals surface area contributed by atoms with Crippen LogP contribution in [0.15, 0.2) is 60.0 Å². The number of benzene rings is 3. The average Bonchev–Trinajstić information content (AvgIpc) is 3.35. The number of pyridine rings is 1. The number of likely N-dealkylation sites (tertiary alicyclic amines) is 1. The van der Waals surface area contributed by atoms with Crippen molar-refractivity contribution in [1.29, 1.82) is 0 Å². The molecule has 0 spiro atoms. The number of hydrogen-bond acceptors (Lipinski definition) is 6. The van der Waals surface area contributed by atoms with Crippen LogP contribution in [0.5, 0.6) is 11.5 Å². The molecule has 1 unspecified atom stereocenters. The van der Waals surface area contributed by atoms with Gasteiger partial charge < -0.3 is 30.2 Å². The third-order valence-electron chi connectivity index (χ3n) is 8.43. The van der Waals surface area contributed by atoms with Crippen LogP contribution in [0.1, 0.15) is 24.8 Å². The third-order valence-corrected chi connectivity index (χ3v) is 8.43. The van der Waals surface area contributed by atoms with Crippen LogP contribution in [0.4, 0.5) is 10.1 Å². The summed E-state index contributed by atoms with van der Waals surface area (Å²) in [5.74, 6) is 0.492. The summed E-state index contributed by atoms with van der Waals surface area (Å²) in [6, 6.07) is 13.7. The Labute approximate surface area is 226 Å². The third kappa shape index (κ3) is 3.97. The van der Waals surface area contributed by atoms with Crippen LogP contribution >= 0.6 is 0 Å². The molecular weight excluding hydrogens is 493 g/mol. The molecule has 4 heterocycles. The van der Waals surface area contributed by atoms with Gasteiger partial charge in [-0.3, -0.25) is 4.79 Å². The number of nitrogens with one attached hydrogen (secondary N) is 1. The van der Waals surface area contributed by atoms with Crippen molar-refractivity contribution >= 4 is 33.1 Å². The SMILES string of the molecule is C=C(NC1CCN(C)CC1)c1cn2c3c(c(N4CCC(N)C4)c(F)cc3c1=O)Oc1cc3ccccc3cc1-2. The largest absolute Gasteiger partial charge is 0.451 e. The lowest BCUT2D eigenvalue weighted by molar-refractivity contribution is 0.245. The Kier molecular flexibility index (Phi) is 5.64. The van der Waals surface area contributed by atoms with Gasteiger partial charge >= 0.3 is 0 Å². The zero-order valence-electron chi connectivity index (χ0n) is 22.0. The van der Waals surface area contributed by atoms with E-state index in [2.05, 4.69) is 29.9 Å². The average molecular weight is 526 g/mol. The van der Waals surface area contributed by atoms with Crippen molar-refractivity contribution < 1.29 is 9.13 Å². The van der Waals surface area contributed by atoms with Crippen molar-refractivity contribution in [2.75, 3.05) is 38.1 Å². The van der Waals surface area contributed by atoms with E-state index in [1.165, 1.54) is 6.07 Å². The second-order valence-corrected chi connectivity index (χ2v) is 11.1. The van der Waals surface area contributed by atoms with E-state index in [-0.39, 0.29) is 22.9 Å². The first kappa shape index (κ1) is 24.2. The Morgan fingerprint density at radius 2 is 1.85 bits per heavy atom. The Morgan fingerprint density at radius 1 is 1.10 bits per heavy atom. The maximum atomic E-state index is 15.9. The van der Waals surface area contributed by atoms with E-state index in [9.17, 15) is 4.79 Å². The Balaban J connectivity index is 1.44. The van der Waals surface area contributed by atoms with Gasteiger partial charge in [0.05, 0.1) is 16.6 Å². The van der Waals surface area contributed by atoms with Crippen molar-refractivity contribution in [3.63, 3.8) is 0 Å². The lowest BCUT2D eigenvalue weighted by Crippen LogP contribution is -2.40. The zero-order chi connectivity index (χ0) is 26.8. The van der Waals surface area contributed by atoms with Gasteiger partial charge in [0.2, 0.25) is 0 Å². The molecule has 7 nitrogen and oxygen atoms in total. The molecule has 0 radical (unpaired) electrons. The summed E-state index contributed by atoms with van der Waals surface area (Å²) in [5.41, 5.74) is 8.64. The molecule has 2 saturated heterocycles. The smallest absolute Gasteiger partial charge is 0.198 e. The van der Waals surface area contributed by atoms with Gasteiger partial charge in [0.15, 0.2) is 22.7 Å². The van der Waals surface area contributed by atoms with Crippen LogP contribution < -0.4 is 26.1 Å². The van der Waals surface area contributed by atoms with Crippen LogP contribution in [0.3, 0.4) is 0 Å². The maximum absolute atomic E-state index is 15.9. The molecule has 1 aromatic heterocycles. The van der Waals surface area contributed by atoms with Crippen LogP contribution in [0.25, 0.3) is 33.1 Å². The number of rotatable bonds is 4. The molecule has 7 rings (SSSR count). The molecule has 3 aromatic carbocycles. The molecule has 3 N–H and O–H groups in total.